The number of nitrogens with zero attached hydrogens (tertiary/aromatic N) is 1. The molecule has 0 radical (unpaired) electrons. The van der Waals surface area contributed by atoms with Gasteiger partial charge in [-0.25, -0.2) is 4.98 Å². The highest BCUT2D eigenvalue weighted by Crippen LogP contribution is 2.35. The molecular formula is C15H18N2S. The van der Waals surface area contributed by atoms with Crippen LogP contribution < -0.4 is 5.73 Å². The van der Waals surface area contributed by atoms with Crippen LogP contribution in [0.3, 0.4) is 0 Å². The van der Waals surface area contributed by atoms with E-state index in [1.54, 1.807) is 11.3 Å². The molecule has 1 fully saturated rings. The minimum absolute atomic E-state index is 0.692. The second-order valence-corrected chi connectivity index (χ2v) is 5.89. The Bertz CT molecular complexity index is 510. The lowest BCUT2D eigenvalue weighted by Gasteiger charge is -2.19. The quantitative estimate of drug-likeness (QED) is 0.809. The van der Waals surface area contributed by atoms with Crippen LogP contribution in [0.15, 0.2) is 29.6 Å². The molecule has 0 spiro atoms. The van der Waals surface area contributed by atoms with Crippen molar-refractivity contribution in [3.63, 3.8) is 0 Å². The summed E-state index contributed by atoms with van der Waals surface area (Å²) >= 11 is 1.75. The van der Waals surface area contributed by atoms with E-state index in [1.807, 2.05) is 12.1 Å². The smallest absolute Gasteiger partial charge is 0.123 e. The molecule has 18 heavy (non-hydrogen) atoms. The Morgan fingerprint density at radius 3 is 2.50 bits per heavy atom. The van der Waals surface area contributed by atoms with Crippen molar-refractivity contribution in [2.75, 3.05) is 5.73 Å². The molecule has 1 heterocycles. The zero-order valence-corrected chi connectivity index (χ0v) is 11.2. The van der Waals surface area contributed by atoms with Crippen LogP contribution in [0, 0.1) is 0 Å². The lowest BCUT2D eigenvalue weighted by molar-refractivity contribution is 0.438. The van der Waals surface area contributed by atoms with Crippen LogP contribution in [-0.2, 0) is 0 Å². The number of aromatic nitrogens is 1. The third-order valence-electron chi connectivity index (χ3n) is 3.70. The number of nitrogen functional groups attached to an aromatic ring is 1. The fourth-order valence-electron chi connectivity index (χ4n) is 2.63. The van der Waals surface area contributed by atoms with Crippen molar-refractivity contribution in [3.8, 4) is 10.6 Å². The van der Waals surface area contributed by atoms with Crippen LogP contribution in [0.5, 0.6) is 0 Å². The second-order valence-electron chi connectivity index (χ2n) is 5.03. The number of hydrogen-bond acceptors (Lipinski definition) is 3. The van der Waals surface area contributed by atoms with Gasteiger partial charge in [0.1, 0.15) is 5.01 Å². The third-order valence-corrected chi connectivity index (χ3v) is 4.61. The van der Waals surface area contributed by atoms with Gasteiger partial charge in [-0.05, 0) is 37.1 Å². The summed E-state index contributed by atoms with van der Waals surface area (Å²) in [6, 6.07) is 7.99. The molecule has 0 amide bonds. The first kappa shape index (κ1) is 11.7. The molecule has 0 atom stereocenters. The Kier molecular flexibility index (Phi) is 3.33. The normalized spacial score (nSPS) is 16.9. The maximum Gasteiger partial charge on any atom is 0.123 e. The van der Waals surface area contributed by atoms with Gasteiger partial charge in [0.15, 0.2) is 0 Å². The van der Waals surface area contributed by atoms with Gasteiger partial charge in [-0.1, -0.05) is 19.3 Å². The van der Waals surface area contributed by atoms with Crippen molar-refractivity contribution >= 4 is 17.0 Å². The molecule has 1 aromatic heterocycles. The number of benzene rings is 1. The van der Waals surface area contributed by atoms with Crippen LogP contribution in [-0.4, -0.2) is 4.98 Å². The average molecular weight is 258 g/mol. The number of nitrogens with two attached hydrogens (primary N) is 1. The van der Waals surface area contributed by atoms with Gasteiger partial charge in [0, 0.05) is 22.5 Å². The third kappa shape index (κ3) is 2.41. The summed E-state index contributed by atoms with van der Waals surface area (Å²) in [5.74, 6) is 0.692. The van der Waals surface area contributed by atoms with E-state index in [0.29, 0.717) is 5.92 Å². The van der Waals surface area contributed by atoms with Gasteiger partial charge in [-0.3, -0.25) is 0 Å². The van der Waals surface area contributed by atoms with E-state index in [-0.39, 0.29) is 0 Å². The van der Waals surface area contributed by atoms with E-state index in [4.69, 9.17) is 10.7 Å². The van der Waals surface area contributed by atoms with Crippen LogP contribution in [0.25, 0.3) is 10.6 Å². The SMILES string of the molecule is Nc1ccc(-c2nc(C3CCCCC3)cs2)cc1. The maximum atomic E-state index is 5.71. The van der Waals surface area contributed by atoms with E-state index in [1.165, 1.54) is 43.4 Å². The Morgan fingerprint density at radius 2 is 1.78 bits per heavy atom. The molecule has 0 unspecified atom stereocenters. The Balaban J connectivity index is 1.82. The predicted octanol–water partition coefficient (Wildman–Crippen LogP) is 4.44. The summed E-state index contributed by atoms with van der Waals surface area (Å²) in [7, 11) is 0. The highest BCUT2D eigenvalue weighted by atomic mass is 32.1. The van der Waals surface area contributed by atoms with Crippen LogP contribution in [0.1, 0.15) is 43.7 Å². The summed E-state index contributed by atoms with van der Waals surface area (Å²) in [6.07, 6.45) is 6.74. The zero-order chi connectivity index (χ0) is 12.4. The van der Waals surface area contributed by atoms with E-state index in [0.717, 1.165) is 10.7 Å². The Morgan fingerprint density at radius 1 is 1.06 bits per heavy atom. The summed E-state index contributed by atoms with van der Waals surface area (Å²) < 4.78 is 0. The van der Waals surface area contributed by atoms with Gasteiger partial charge in [0.05, 0.1) is 5.69 Å². The monoisotopic (exact) mass is 258 g/mol. The van der Waals surface area contributed by atoms with E-state index < -0.39 is 0 Å². The summed E-state index contributed by atoms with van der Waals surface area (Å²) in [4.78, 5) is 4.81. The highest BCUT2D eigenvalue weighted by molar-refractivity contribution is 7.13. The first-order valence-electron chi connectivity index (χ1n) is 6.64. The molecule has 3 heteroatoms. The van der Waals surface area contributed by atoms with Crippen LogP contribution >= 0.6 is 11.3 Å². The van der Waals surface area contributed by atoms with Gasteiger partial charge < -0.3 is 5.73 Å². The van der Waals surface area contributed by atoms with Gasteiger partial charge in [-0.15, -0.1) is 11.3 Å². The highest BCUT2D eigenvalue weighted by Gasteiger charge is 2.18. The molecule has 1 aliphatic carbocycles. The van der Waals surface area contributed by atoms with Crippen LogP contribution in [0.2, 0.25) is 0 Å². The minimum Gasteiger partial charge on any atom is -0.399 e. The topological polar surface area (TPSA) is 38.9 Å². The Labute approximate surface area is 112 Å². The van der Waals surface area contributed by atoms with Crippen molar-refractivity contribution in [1.82, 2.24) is 4.98 Å². The lowest BCUT2D eigenvalue weighted by atomic mass is 9.87. The van der Waals surface area contributed by atoms with Crippen molar-refractivity contribution in [2.24, 2.45) is 0 Å². The van der Waals surface area contributed by atoms with Gasteiger partial charge in [0.2, 0.25) is 0 Å². The molecular weight excluding hydrogens is 240 g/mol. The second kappa shape index (κ2) is 5.11. The molecule has 94 valence electrons. The summed E-state index contributed by atoms with van der Waals surface area (Å²) in [5, 5.41) is 3.36. The molecule has 3 rings (SSSR count). The van der Waals surface area contributed by atoms with Gasteiger partial charge in [0.25, 0.3) is 0 Å². The van der Waals surface area contributed by atoms with Gasteiger partial charge in [-0.2, -0.15) is 0 Å². The predicted molar refractivity (Wildman–Crippen MR) is 77.8 cm³/mol. The Hall–Kier alpha value is -1.35. The average Bonchev–Trinajstić information content (AvgIpc) is 2.90. The first-order valence-corrected chi connectivity index (χ1v) is 7.52. The molecule has 1 aliphatic rings. The number of anilines is 1. The first-order chi connectivity index (χ1) is 8.83. The minimum atomic E-state index is 0.692. The number of thiazole rings is 1. The molecule has 2 N–H and O–H groups in total. The molecule has 2 aromatic rings. The molecule has 1 aromatic carbocycles. The van der Waals surface area contributed by atoms with Crippen molar-refractivity contribution < 1.29 is 0 Å². The van der Waals surface area contributed by atoms with E-state index in [2.05, 4.69) is 17.5 Å². The molecule has 0 saturated heterocycles. The molecule has 1 saturated carbocycles. The van der Waals surface area contributed by atoms with Crippen molar-refractivity contribution in [1.29, 1.82) is 0 Å². The summed E-state index contributed by atoms with van der Waals surface area (Å²) in [6.45, 7) is 0. The largest absolute Gasteiger partial charge is 0.399 e. The van der Waals surface area contributed by atoms with E-state index in [9.17, 15) is 0 Å². The van der Waals surface area contributed by atoms with Crippen LogP contribution in [0.4, 0.5) is 5.69 Å². The van der Waals surface area contributed by atoms with Gasteiger partial charge >= 0.3 is 0 Å². The molecule has 0 aliphatic heterocycles. The van der Waals surface area contributed by atoms with Crippen molar-refractivity contribution in [3.05, 3.63) is 35.3 Å². The summed E-state index contributed by atoms with van der Waals surface area (Å²) in [5.41, 5.74) is 8.99. The lowest BCUT2D eigenvalue weighted by Crippen LogP contribution is -2.04. The fourth-order valence-corrected chi connectivity index (χ4v) is 3.54. The fraction of sp³-hybridized carbons (Fsp3) is 0.400. The number of rotatable bonds is 2. The molecule has 0 bridgehead atoms. The van der Waals surface area contributed by atoms with E-state index >= 15 is 0 Å². The standard InChI is InChI=1S/C15H18N2S/c16-13-8-6-12(7-9-13)15-17-14(10-18-15)11-4-2-1-3-5-11/h6-11H,1-5,16H2. The van der Waals surface area contributed by atoms with Crippen molar-refractivity contribution in [2.45, 2.75) is 38.0 Å². The number of hydrogen-bond donors (Lipinski definition) is 1. The zero-order valence-electron chi connectivity index (χ0n) is 10.4. The maximum absolute atomic E-state index is 5.71. The molecule has 2 nitrogen and oxygen atoms in total.